The number of aromatic amines is 1. The van der Waals surface area contributed by atoms with E-state index in [1.54, 1.807) is 17.0 Å². The molecule has 1 spiro atoms. The summed E-state index contributed by atoms with van der Waals surface area (Å²) in [5, 5.41) is 33.4. The second-order valence-corrected chi connectivity index (χ2v) is 19.1. The number of piperidine rings is 1. The first-order valence-electron chi connectivity index (χ1n) is 22.4. The largest absolute Gasteiger partial charge is 0.507 e. The number of aromatic nitrogens is 5. The number of para-hydroxylation sites is 1. The van der Waals surface area contributed by atoms with Crippen LogP contribution in [0.25, 0.3) is 22.3 Å². The molecular weight excluding hydrogens is 783 g/mol. The molecule has 1 aliphatic carbocycles. The van der Waals surface area contributed by atoms with Crippen LogP contribution in [0.15, 0.2) is 73.1 Å². The van der Waals surface area contributed by atoms with E-state index >= 15 is 0 Å². The zero-order chi connectivity index (χ0) is 43.0. The van der Waals surface area contributed by atoms with E-state index in [1.807, 2.05) is 60.9 Å². The van der Waals surface area contributed by atoms with Crippen LogP contribution in [0.2, 0.25) is 0 Å². The molecule has 2 atom stereocenters. The van der Waals surface area contributed by atoms with E-state index in [0.717, 1.165) is 99.7 Å². The summed E-state index contributed by atoms with van der Waals surface area (Å²) in [5.74, 6) is 1.27. The number of unbranched alkanes of at least 4 members (excludes halogenated alkanes) is 2. The second-order valence-electron chi connectivity index (χ2n) is 19.1. The Morgan fingerprint density at radius 2 is 1.69 bits per heavy atom. The number of carbonyl (C=O) groups excluding carboxylic acids is 1. The normalized spacial score (nSPS) is 22.9. The van der Waals surface area contributed by atoms with Crippen LogP contribution < -0.4 is 10.2 Å². The number of rotatable bonds is 12. The van der Waals surface area contributed by atoms with Gasteiger partial charge in [0.1, 0.15) is 12.4 Å². The molecule has 3 aliphatic heterocycles. The van der Waals surface area contributed by atoms with Gasteiger partial charge in [-0.2, -0.15) is 0 Å². The quantitative estimate of drug-likeness (QED) is 0.0888. The van der Waals surface area contributed by atoms with Gasteiger partial charge in [-0.3, -0.25) is 0 Å². The number of benzene rings is 2. The van der Waals surface area contributed by atoms with E-state index in [4.69, 9.17) is 14.7 Å². The number of fused-ring (bicyclic) bond motifs is 3. The van der Waals surface area contributed by atoms with Crippen LogP contribution in [-0.4, -0.2) is 102 Å². The molecule has 0 unspecified atom stereocenters. The van der Waals surface area contributed by atoms with E-state index in [2.05, 4.69) is 51.1 Å². The number of aromatic hydroxyl groups is 1. The second kappa shape index (κ2) is 17.2. The molecule has 0 bridgehead atoms. The lowest BCUT2D eigenvalue weighted by Gasteiger charge is -2.68. The summed E-state index contributed by atoms with van der Waals surface area (Å²) < 4.78 is 5.40. The number of H-pyrrole nitrogens is 1. The molecule has 14 heteroatoms. The van der Waals surface area contributed by atoms with Gasteiger partial charge in [-0.05, 0) is 92.3 Å². The molecule has 0 radical (unpaired) electrons. The van der Waals surface area contributed by atoms with Crippen LogP contribution in [0.1, 0.15) is 106 Å². The highest BCUT2D eigenvalue weighted by atomic mass is 16.5. The Bertz CT molecular complexity index is 2370. The number of anilines is 1. The van der Waals surface area contributed by atoms with Crippen molar-refractivity contribution >= 4 is 29.2 Å². The van der Waals surface area contributed by atoms with Gasteiger partial charge in [0, 0.05) is 78.2 Å². The molecule has 62 heavy (non-hydrogen) atoms. The van der Waals surface area contributed by atoms with Gasteiger partial charge >= 0.3 is 12.2 Å². The Labute approximate surface area is 363 Å². The lowest BCUT2D eigenvalue weighted by molar-refractivity contribution is -0.180. The van der Waals surface area contributed by atoms with Crippen LogP contribution in [0.5, 0.6) is 5.75 Å². The van der Waals surface area contributed by atoms with Crippen LogP contribution in [-0.2, 0) is 17.8 Å². The highest BCUT2D eigenvalue weighted by molar-refractivity contribution is 5.86. The predicted molar refractivity (Wildman–Crippen MR) is 237 cm³/mol. The summed E-state index contributed by atoms with van der Waals surface area (Å²) >= 11 is 0. The number of likely N-dealkylation sites (tertiary alicyclic amines) is 2. The zero-order valence-corrected chi connectivity index (χ0v) is 36.1. The number of phenolic OH excluding ortho intramolecular Hbond substituents is 1. The van der Waals surface area contributed by atoms with Crippen LogP contribution in [0, 0.1) is 10.8 Å². The molecule has 326 valence electrons. The highest BCUT2D eigenvalue weighted by Crippen LogP contribution is 2.59. The summed E-state index contributed by atoms with van der Waals surface area (Å²) in [6.07, 6.45) is 11.4. The maximum atomic E-state index is 12.4. The zero-order valence-electron chi connectivity index (χ0n) is 36.1. The molecule has 5 aromatic rings. The van der Waals surface area contributed by atoms with Crippen molar-refractivity contribution < 1.29 is 24.5 Å². The highest BCUT2D eigenvalue weighted by Gasteiger charge is 2.65. The molecule has 6 heterocycles. The van der Waals surface area contributed by atoms with Gasteiger partial charge in [-0.15, -0.1) is 10.2 Å². The van der Waals surface area contributed by atoms with Gasteiger partial charge in [0.2, 0.25) is 5.95 Å². The van der Waals surface area contributed by atoms with Crippen LogP contribution >= 0.6 is 0 Å². The fourth-order valence-electron chi connectivity index (χ4n) is 11.2. The average Bonchev–Trinajstić information content (AvgIpc) is 3.62. The lowest BCUT2D eigenvalue weighted by atomic mass is 9.50. The smallest absolute Gasteiger partial charge is 0.407 e. The number of carboxylic acid groups (broad SMARTS) is 1. The van der Waals surface area contributed by atoms with Crippen molar-refractivity contribution in [3.05, 3.63) is 95.4 Å². The van der Waals surface area contributed by atoms with E-state index < -0.39 is 12.2 Å². The van der Waals surface area contributed by atoms with Crippen LogP contribution in [0.4, 0.5) is 15.5 Å². The summed E-state index contributed by atoms with van der Waals surface area (Å²) in [6, 6.07) is 19.5. The first-order valence-corrected chi connectivity index (χ1v) is 22.4. The molecule has 3 fully saturated rings. The maximum absolute atomic E-state index is 12.4. The van der Waals surface area contributed by atoms with Crippen molar-refractivity contribution in [2.45, 2.75) is 109 Å². The molecule has 4 N–H and O–H groups in total. The number of hydrogen-bond donors (Lipinski definition) is 4. The number of nitrogens with zero attached hydrogens (tertiary/aromatic N) is 7. The number of alkyl carbamates (subject to hydrolysis) is 1. The molecule has 1 saturated carbocycles. The molecule has 14 nitrogen and oxygen atoms in total. The third kappa shape index (κ3) is 8.28. The molecule has 4 aliphatic rings. The molecule has 2 saturated heterocycles. The Balaban J connectivity index is 0.855. The van der Waals surface area contributed by atoms with E-state index in [9.17, 15) is 19.8 Å². The number of ether oxygens (including phenoxy) is 1. The van der Waals surface area contributed by atoms with Crippen molar-refractivity contribution in [2.75, 3.05) is 37.6 Å². The Kier molecular flexibility index (Phi) is 11.5. The topological polar surface area (TPSA) is 173 Å². The Morgan fingerprint density at radius 3 is 2.42 bits per heavy atom. The van der Waals surface area contributed by atoms with Gasteiger partial charge in [0.15, 0.2) is 5.65 Å². The van der Waals surface area contributed by atoms with Crippen molar-refractivity contribution in [1.82, 2.24) is 40.3 Å². The first kappa shape index (κ1) is 41.6. The monoisotopic (exact) mass is 841 g/mol. The van der Waals surface area contributed by atoms with Gasteiger partial charge < -0.3 is 40.0 Å². The minimum atomic E-state index is -0.791. The van der Waals surface area contributed by atoms with Crippen LogP contribution in [0.3, 0.4) is 0 Å². The summed E-state index contributed by atoms with van der Waals surface area (Å²) in [4.78, 5) is 44.6. The predicted octanol–water partition coefficient (Wildman–Crippen LogP) is 8.45. The van der Waals surface area contributed by atoms with Crippen molar-refractivity contribution in [3.8, 4) is 17.0 Å². The molecule has 3 aromatic heterocycles. The van der Waals surface area contributed by atoms with Crippen molar-refractivity contribution in [3.63, 3.8) is 0 Å². The lowest BCUT2D eigenvalue weighted by Crippen LogP contribution is -2.76. The number of hydrogen-bond acceptors (Lipinski definition) is 10. The first-order chi connectivity index (χ1) is 30.0. The van der Waals surface area contributed by atoms with Gasteiger partial charge in [-0.25, -0.2) is 19.6 Å². The summed E-state index contributed by atoms with van der Waals surface area (Å²) in [5.41, 5.74) is 6.47. The molecular formula is C48H59N9O5. The number of carbonyl (C=O) groups is 2. The molecule has 2 amide bonds. The number of amides is 2. The number of phenols is 1. The minimum absolute atomic E-state index is 0.0197. The fourth-order valence-corrected chi connectivity index (χ4v) is 11.2. The fraction of sp³-hybridized carbons (Fsp3) is 0.500. The SMILES string of the molecule is CC(C)(C)[C@H]1N(C(=O)O)CC12CC(N1CCC(c3cnc(N4CCc5[nH]c6nnc(-c7ccccc7O)cc6c5[C@H]4CCCCCNC(=O)OCc4ccccc4)nc3)CC1)C2. The van der Waals surface area contributed by atoms with Gasteiger partial charge in [0.25, 0.3) is 0 Å². The third-order valence-corrected chi connectivity index (χ3v) is 14.0. The van der Waals surface area contributed by atoms with Crippen molar-refractivity contribution in [1.29, 1.82) is 0 Å². The van der Waals surface area contributed by atoms with Crippen molar-refractivity contribution in [2.24, 2.45) is 10.8 Å². The van der Waals surface area contributed by atoms with Gasteiger partial charge in [0.05, 0.1) is 11.7 Å². The van der Waals surface area contributed by atoms with Gasteiger partial charge in [-0.1, -0.05) is 76.1 Å². The maximum Gasteiger partial charge on any atom is 0.407 e. The number of nitrogens with one attached hydrogen (secondary N) is 2. The van der Waals surface area contributed by atoms with E-state index in [1.165, 1.54) is 11.1 Å². The Hall–Kier alpha value is -5.76. The third-order valence-electron chi connectivity index (χ3n) is 14.0. The van der Waals surface area contributed by atoms with E-state index in [0.29, 0.717) is 42.3 Å². The summed E-state index contributed by atoms with van der Waals surface area (Å²) in [6.45, 7) is 10.8. The molecule has 2 aromatic carbocycles. The minimum Gasteiger partial charge on any atom is -0.507 e. The Morgan fingerprint density at radius 1 is 0.952 bits per heavy atom. The molecule has 9 rings (SSSR count). The van der Waals surface area contributed by atoms with E-state index in [-0.39, 0.29) is 35.3 Å². The standard InChI is InChI=1S/C48H59N9O5/c1-47(2,3)43-48(30-57(43)46(60)61)25-34(26-48)55-21-17-32(18-22-55)33-27-50-44(51-28-33)56-23-19-37-41(36-24-38(53-54-42(36)52-37)35-14-9-10-16-40(35)58)39(56)15-8-5-11-20-49-45(59)62-29-31-12-6-4-7-13-31/h4,6-7,9-10,12-14,16,24,27-28,32,34,39,43,58H,5,8,11,15,17-23,25-26,29-30H2,1-3H3,(H,49,59)(H,52,54)(H,60,61)/t34?,39-,43-,48?/m1/s1. The summed E-state index contributed by atoms with van der Waals surface area (Å²) in [7, 11) is 0. The average molecular weight is 842 g/mol.